The van der Waals surface area contributed by atoms with Crippen LogP contribution in [0.3, 0.4) is 0 Å². The Morgan fingerprint density at radius 1 is 1.30 bits per heavy atom. The summed E-state index contributed by atoms with van der Waals surface area (Å²) < 4.78 is 5.39. The van der Waals surface area contributed by atoms with Crippen LogP contribution in [0.5, 0.6) is 5.75 Å². The second-order valence-electron chi connectivity index (χ2n) is 5.42. The first-order valence-electron chi connectivity index (χ1n) is 7.48. The molecule has 2 amide bonds. The number of carbonyl (C=O) groups excluding carboxylic acids is 2. The molecule has 0 aliphatic carbocycles. The molecule has 1 rings (SSSR count). The molecule has 124 valence electrons. The lowest BCUT2D eigenvalue weighted by molar-refractivity contribution is -0.131. The highest BCUT2D eigenvalue weighted by Crippen LogP contribution is 2.13. The van der Waals surface area contributed by atoms with Gasteiger partial charge in [-0.15, -0.1) is 0 Å². The van der Waals surface area contributed by atoms with E-state index in [9.17, 15) is 9.59 Å². The fourth-order valence-corrected chi connectivity index (χ4v) is 1.79. The van der Waals surface area contributed by atoms with Crippen LogP contribution in [-0.2, 0) is 9.59 Å². The van der Waals surface area contributed by atoms with Gasteiger partial charge in [-0.2, -0.15) is 0 Å². The van der Waals surface area contributed by atoms with E-state index >= 15 is 0 Å². The monoisotopic (exact) mass is 316 g/mol. The fourth-order valence-electron chi connectivity index (χ4n) is 1.79. The van der Waals surface area contributed by atoms with E-state index in [0.29, 0.717) is 6.61 Å². The molecule has 0 spiro atoms. The minimum Gasteiger partial charge on any atom is -0.490 e. The Kier molecular flexibility index (Phi) is 7.60. The first kappa shape index (κ1) is 18.5. The maximum absolute atomic E-state index is 12.0. The Bertz CT molecular complexity index is 562. The largest absolute Gasteiger partial charge is 0.490 e. The van der Waals surface area contributed by atoms with Gasteiger partial charge in [0, 0.05) is 19.2 Å². The lowest BCUT2D eigenvalue weighted by atomic mass is 10.2. The third-order valence-electron chi connectivity index (χ3n) is 2.87. The van der Waals surface area contributed by atoms with Crippen molar-refractivity contribution in [2.24, 2.45) is 0 Å². The van der Waals surface area contributed by atoms with Crippen LogP contribution in [0.1, 0.15) is 19.4 Å². The predicted octanol–water partition coefficient (Wildman–Crippen LogP) is 2.25. The van der Waals surface area contributed by atoms with Crippen molar-refractivity contribution in [1.29, 1.82) is 0 Å². The van der Waals surface area contributed by atoms with E-state index in [1.54, 1.807) is 19.2 Å². The van der Waals surface area contributed by atoms with Crippen LogP contribution in [0, 0.1) is 0 Å². The third kappa shape index (κ3) is 7.31. The number of likely N-dealkylation sites (N-methyl/N-ethyl adjacent to an activating group) is 1. The molecule has 1 aromatic rings. The van der Waals surface area contributed by atoms with E-state index < -0.39 is 0 Å². The summed E-state index contributed by atoms with van der Waals surface area (Å²) in [5.74, 6) is 0.347. The molecule has 0 unspecified atom stereocenters. The van der Waals surface area contributed by atoms with Gasteiger partial charge in [0.1, 0.15) is 12.4 Å². The SMILES string of the molecule is C=CCOc1ccc(/C=C/C(=O)N(C)CC(=O)NC(C)C)cc1. The third-order valence-corrected chi connectivity index (χ3v) is 2.87. The van der Waals surface area contributed by atoms with Gasteiger partial charge in [-0.05, 0) is 37.6 Å². The Balaban J connectivity index is 2.53. The highest BCUT2D eigenvalue weighted by atomic mass is 16.5. The molecule has 1 N–H and O–H groups in total. The molecule has 0 bridgehead atoms. The summed E-state index contributed by atoms with van der Waals surface area (Å²) >= 11 is 0. The average Bonchev–Trinajstić information content (AvgIpc) is 2.50. The molecule has 0 saturated carbocycles. The molecular weight excluding hydrogens is 292 g/mol. The second kappa shape index (κ2) is 9.46. The molecule has 5 nitrogen and oxygen atoms in total. The van der Waals surface area contributed by atoms with Gasteiger partial charge < -0.3 is 15.0 Å². The number of hydrogen-bond acceptors (Lipinski definition) is 3. The molecular formula is C18H24N2O3. The Morgan fingerprint density at radius 2 is 1.96 bits per heavy atom. The first-order valence-corrected chi connectivity index (χ1v) is 7.48. The molecule has 0 radical (unpaired) electrons. The lowest BCUT2D eigenvalue weighted by Crippen LogP contribution is -2.40. The summed E-state index contributed by atoms with van der Waals surface area (Å²) in [6.45, 7) is 7.83. The fraction of sp³-hybridized carbons (Fsp3) is 0.333. The Morgan fingerprint density at radius 3 is 2.52 bits per heavy atom. The first-order chi connectivity index (χ1) is 10.9. The number of benzene rings is 1. The number of rotatable bonds is 8. The lowest BCUT2D eigenvalue weighted by Gasteiger charge is -2.16. The van der Waals surface area contributed by atoms with E-state index in [1.807, 2.05) is 38.1 Å². The van der Waals surface area contributed by atoms with Gasteiger partial charge in [0.2, 0.25) is 11.8 Å². The minimum atomic E-state index is -0.226. The Labute approximate surface area is 137 Å². The van der Waals surface area contributed by atoms with E-state index in [2.05, 4.69) is 11.9 Å². The van der Waals surface area contributed by atoms with E-state index in [1.165, 1.54) is 11.0 Å². The number of hydrogen-bond donors (Lipinski definition) is 1. The summed E-state index contributed by atoms with van der Waals surface area (Å²) in [7, 11) is 1.60. The van der Waals surface area contributed by atoms with Crippen LogP contribution in [0.25, 0.3) is 6.08 Å². The number of carbonyl (C=O) groups is 2. The van der Waals surface area contributed by atoms with Gasteiger partial charge in [0.25, 0.3) is 0 Å². The number of nitrogens with one attached hydrogen (secondary N) is 1. The van der Waals surface area contributed by atoms with Gasteiger partial charge in [0.05, 0.1) is 6.54 Å². The molecule has 1 aromatic carbocycles. The molecule has 0 aromatic heterocycles. The zero-order valence-electron chi connectivity index (χ0n) is 13.9. The van der Waals surface area contributed by atoms with Crippen LogP contribution >= 0.6 is 0 Å². The van der Waals surface area contributed by atoms with Crippen molar-refractivity contribution in [3.05, 3.63) is 48.6 Å². The molecule has 0 aliphatic rings. The van der Waals surface area contributed by atoms with E-state index in [0.717, 1.165) is 11.3 Å². The van der Waals surface area contributed by atoms with Gasteiger partial charge in [-0.1, -0.05) is 24.8 Å². The van der Waals surface area contributed by atoms with Gasteiger partial charge in [-0.25, -0.2) is 0 Å². The summed E-state index contributed by atoms with van der Waals surface area (Å²) in [5.41, 5.74) is 0.879. The number of amides is 2. The summed E-state index contributed by atoms with van der Waals surface area (Å²) in [6, 6.07) is 7.42. The van der Waals surface area contributed by atoms with Crippen LogP contribution < -0.4 is 10.1 Å². The van der Waals surface area contributed by atoms with Crippen molar-refractivity contribution in [3.8, 4) is 5.75 Å². The van der Waals surface area contributed by atoms with Crippen molar-refractivity contribution < 1.29 is 14.3 Å². The summed E-state index contributed by atoms with van der Waals surface area (Å²) in [4.78, 5) is 25.0. The maximum atomic E-state index is 12.0. The number of nitrogens with zero attached hydrogens (tertiary/aromatic N) is 1. The Hall–Kier alpha value is -2.56. The van der Waals surface area contributed by atoms with Crippen LogP contribution in [0.2, 0.25) is 0 Å². The van der Waals surface area contributed by atoms with Gasteiger partial charge in [0.15, 0.2) is 0 Å². The summed E-state index contributed by atoms with van der Waals surface area (Å²) in [5, 5.41) is 2.75. The van der Waals surface area contributed by atoms with Crippen molar-refractivity contribution in [3.63, 3.8) is 0 Å². The normalized spacial score (nSPS) is 10.6. The number of ether oxygens (including phenoxy) is 1. The molecule has 0 atom stereocenters. The zero-order chi connectivity index (χ0) is 17.2. The molecule has 0 fully saturated rings. The molecule has 0 aliphatic heterocycles. The predicted molar refractivity (Wildman–Crippen MR) is 92.1 cm³/mol. The quantitative estimate of drug-likeness (QED) is 0.591. The zero-order valence-corrected chi connectivity index (χ0v) is 13.9. The average molecular weight is 316 g/mol. The van der Waals surface area contributed by atoms with Crippen molar-refractivity contribution in [1.82, 2.24) is 10.2 Å². The molecule has 5 heteroatoms. The standard InChI is InChI=1S/C18H24N2O3/c1-5-12-23-16-9-6-15(7-10-16)8-11-18(22)20(4)13-17(21)19-14(2)3/h5-11,14H,1,12-13H2,2-4H3,(H,19,21)/b11-8+. The van der Waals surface area contributed by atoms with Crippen LogP contribution in [0.15, 0.2) is 43.0 Å². The summed E-state index contributed by atoms with van der Waals surface area (Å²) in [6.07, 6.45) is 4.83. The smallest absolute Gasteiger partial charge is 0.246 e. The van der Waals surface area contributed by atoms with Crippen LogP contribution in [0.4, 0.5) is 0 Å². The van der Waals surface area contributed by atoms with E-state index in [4.69, 9.17) is 4.74 Å². The maximum Gasteiger partial charge on any atom is 0.246 e. The molecule has 0 saturated heterocycles. The highest BCUT2D eigenvalue weighted by molar-refractivity contribution is 5.94. The van der Waals surface area contributed by atoms with Crippen LogP contribution in [-0.4, -0.2) is 43.0 Å². The van der Waals surface area contributed by atoms with Crippen molar-refractivity contribution in [2.45, 2.75) is 19.9 Å². The van der Waals surface area contributed by atoms with Crippen molar-refractivity contribution in [2.75, 3.05) is 20.2 Å². The van der Waals surface area contributed by atoms with Crippen molar-refractivity contribution >= 4 is 17.9 Å². The van der Waals surface area contributed by atoms with E-state index in [-0.39, 0.29) is 24.4 Å². The molecule has 0 heterocycles. The van der Waals surface area contributed by atoms with Gasteiger partial charge >= 0.3 is 0 Å². The highest BCUT2D eigenvalue weighted by Gasteiger charge is 2.10. The molecule has 23 heavy (non-hydrogen) atoms. The minimum absolute atomic E-state index is 0.0374. The topological polar surface area (TPSA) is 58.6 Å². The second-order valence-corrected chi connectivity index (χ2v) is 5.42. The van der Waals surface area contributed by atoms with Gasteiger partial charge in [-0.3, -0.25) is 9.59 Å².